The first-order valence-electron chi connectivity index (χ1n) is 8.02. The second-order valence-electron chi connectivity index (χ2n) is 5.51. The molecule has 0 aliphatic rings. The molecule has 2 rings (SSSR count). The highest BCUT2D eigenvalue weighted by atomic mass is 16.4. The molecule has 7 nitrogen and oxygen atoms in total. The fourth-order valence-corrected chi connectivity index (χ4v) is 2.13. The number of aliphatic imine (C=N–C) groups is 1. The van der Waals surface area contributed by atoms with Crippen LogP contribution in [0.4, 0.5) is 0 Å². The van der Waals surface area contributed by atoms with E-state index in [2.05, 4.69) is 25.7 Å². The van der Waals surface area contributed by atoms with Crippen molar-refractivity contribution in [2.45, 2.75) is 47.2 Å². The molecule has 2 heterocycles. The molecule has 2 N–H and O–H groups in total. The molecule has 0 aliphatic carbocycles. The van der Waals surface area contributed by atoms with Crippen molar-refractivity contribution in [3.63, 3.8) is 0 Å². The maximum absolute atomic E-state index is 5.54. The molecule has 0 atom stereocenters. The summed E-state index contributed by atoms with van der Waals surface area (Å²) in [5.41, 5.74) is 2.10. The van der Waals surface area contributed by atoms with Crippen LogP contribution in [-0.4, -0.2) is 33.8 Å². The fraction of sp³-hybridized carbons (Fsp3) is 0.562. The molecule has 0 saturated carbocycles. The zero-order valence-electron chi connectivity index (χ0n) is 14.4. The number of nitrogens with zero attached hydrogens (tertiary/aromatic N) is 4. The molecule has 7 heteroatoms. The first-order valence-corrected chi connectivity index (χ1v) is 8.02. The second kappa shape index (κ2) is 8.36. The Labute approximate surface area is 137 Å². The number of aromatic nitrogens is 3. The number of hydrogen-bond donors (Lipinski definition) is 2. The van der Waals surface area contributed by atoms with Crippen LogP contribution >= 0.6 is 0 Å². The molecule has 0 radical (unpaired) electrons. The molecular formula is C16H26N6O. The molecule has 0 spiro atoms. The number of guanidine groups is 1. The highest BCUT2D eigenvalue weighted by molar-refractivity contribution is 5.79. The van der Waals surface area contributed by atoms with Crippen LogP contribution in [0.15, 0.2) is 21.8 Å². The van der Waals surface area contributed by atoms with Gasteiger partial charge in [-0.25, -0.2) is 9.98 Å². The van der Waals surface area contributed by atoms with E-state index >= 15 is 0 Å². The van der Waals surface area contributed by atoms with Crippen molar-refractivity contribution in [1.29, 1.82) is 0 Å². The number of hydrogen-bond acceptors (Lipinski definition) is 4. The van der Waals surface area contributed by atoms with Gasteiger partial charge in [-0.05, 0) is 39.7 Å². The monoisotopic (exact) mass is 318 g/mol. The molecule has 23 heavy (non-hydrogen) atoms. The lowest BCUT2D eigenvalue weighted by Gasteiger charge is -2.10. The summed E-state index contributed by atoms with van der Waals surface area (Å²) in [5.74, 6) is 2.27. The second-order valence-corrected chi connectivity index (χ2v) is 5.51. The van der Waals surface area contributed by atoms with Gasteiger partial charge in [0.05, 0.1) is 11.9 Å². The summed E-state index contributed by atoms with van der Waals surface area (Å²) < 4.78 is 7.50. The van der Waals surface area contributed by atoms with Crippen LogP contribution < -0.4 is 10.6 Å². The Kier molecular flexibility index (Phi) is 6.19. The van der Waals surface area contributed by atoms with E-state index in [4.69, 9.17) is 4.42 Å². The highest BCUT2D eigenvalue weighted by Crippen LogP contribution is 2.08. The average Bonchev–Trinajstić information content (AvgIpc) is 3.07. The van der Waals surface area contributed by atoms with E-state index in [1.807, 2.05) is 44.8 Å². The van der Waals surface area contributed by atoms with Crippen molar-refractivity contribution in [3.8, 4) is 0 Å². The van der Waals surface area contributed by atoms with Crippen molar-refractivity contribution >= 4 is 5.96 Å². The van der Waals surface area contributed by atoms with Gasteiger partial charge < -0.3 is 15.1 Å². The third kappa shape index (κ3) is 5.43. The normalized spacial score (nSPS) is 11.7. The number of aryl methyl sites for hydroxylation is 4. The van der Waals surface area contributed by atoms with Crippen LogP contribution in [0.3, 0.4) is 0 Å². The number of oxazole rings is 1. The van der Waals surface area contributed by atoms with Crippen molar-refractivity contribution in [1.82, 2.24) is 25.4 Å². The molecule has 2 aromatic heterocycles. The van der Waals surface area contributed by atoms with Gasteiger partial charge in [0.25, 0.3) is 0 Å². The summed E-state index contributed by atoms with van der Waals surface area (Å²) in [6, 6.07) is 0. The molecule has 0 unspecified atom stereocenters. The Balaban J connectivity index is 1.79. The quantitative estimate of drug-likeness (QED) is 0.463. The van der Waals surface area contributed by atoms with Crippen LogP contribution in [0, 0.1) is 20.8 Å². The maximum atomic E-state index is 5.54. The minimum absolute atomic E-state index is 0.433. The third-order valence-corrected chi connectivity index (χ3v) is 3.41. The van der Waals surface area contributed by atoms with Crippen molar-refractivity contribution in [3.05, 3.63) is 35.3 Å². The van der Waals surface area contributed by atoms with Crippen LogP contribution in [0.2, 0.25) is 0 Å². The number of nitrogens with one attached hydrogen (secondary N) is 2. The summed E-state index contributed by atoms with van der Waals surface area (Å²) in [5, 5.41) is 10.8. The van der Waals surface area contributed by atoms with Gasteiger partial charge in [0, 0.05) is 25.8 Å². The first kappa shape index (κ1) is 17.1. The number of rotatable bonds is 7. The van der Waals surface area contributed by atoms with E-state index in [-0.39, 0.29) is 0 Å². The summed E-state index contributed by atoms with van der Waals surface area (Å²) in [6.07, 6.45) is 4.90. The minimum Gasteiger partial charge on any atom is -0.444 e. The van der Waals surface area contributed by atoms with Crippen molar-refractivity contribution in [2.75, 3.05) is 13.1 Å². The third-order valence-electron chi connectivity index (χ3n) is 3.41. The van der Waals surface area contributed by atoms with Gasteiger partial charge in [-0.15, -0.1) is 0 Å². The highest BCUT2D eigenvalue weighted by Gasteiger charge is 2.05. The van der Waals surface area contributed by atoms with E-state index in [1.165, 1.54) is 5.56 Å². The van der Waals surface area contributed by atoms with E-state index < -0.39 is 0 Å². The molecule has 0 saturated heterocycles. The molecule has 0 fully saturated rings. The summed E-state index contributed by atoms with van der Waals surface area (Å²) in [6.45, 7) is 10.9. The minimum atomic E-state index is 0.433. The van der Waals surface area contributed by atoms with Crippen molar-refractivity contribution < 1.29 is 4.42 Å². The van der Waals surface area contributed by atoms with Crippen LogP contribution in [-0.2, 0) is 13.1 Å². The van der Waals surface area contributed by atoms with E-state index in [0.717, 1.165) is 43.5 Å². The predicted octanol–water partition coefficient (Wildman–Crippen LogP) is 1.94. The van der Waals surface area contributed by atoms with E-state index in [9.17, 15) is 0 Å². The van der Waals surface area contributed by atoms with Gasteiger partial charge in [-0.2, -0.15) is 5.10 Å². The van der Waals surface area contributed by atoms with Gasteiger partial charge in [0.15, 0.2) is 5.96 Å². The maximum Gasteiger partial charge on any atom is 0.216 e. The fourth-order valence-electron chi connectivity index (χ4n) is 2.13. The van der Waals surface area contributed by atoms with Crippen LogP contribution in [0.25, 0.3) is 0 Å². The SMILES string of the molecule is CCNC(=NCc1nc(C)c(C)o1)NCCCn1cc(C)cn1. The molecule has 2 aromatic rings. The van der Waals surface area contributed by atoms with Gasteiger partial charge in [0.2, 0.25) is 5.89 Å². The first-order chi connectivity index (χ1) is 11.1. The molecule has 0 aliphatic heterocycles. The summed E-state index contributed by atoms with van der Waals surface area (Å²) in [4.78, 5) is 8.84. The van der Waals surface area contributed by atoms with E-state index in [1.54, 1.807) is 0 Å². The molecule has 0 bridgehead atoms. The summed E-state index contributed by atoms with van der Waals surface area (Å²) in [7, 11) is 0. The Bertz CT molecular complexity index is 623. The topological polar surface area (TPSA) is 80.3 Å². The van der Waals surface area contributed by atoms with Gasteiger partial charge in [-0.3, -0.25) is 4.68 Å². The van der Waals surface area contributed by atoms with Crippen molar-refractivity contribution in [2.24, 2.45) is 4.99 Å². The van der Waals surface area contributed by atoms with Crippen LogP contribution in [0.1, 0.15) is 36.3 Å². The zero-order chi connectivity index (χ0) is 16.7. The lowest BCUT2D eigenvalue weighted by Crippen LogP contribution is -2.38. The Morgan fingerprint density at radius 3 is 2.74 bits per heavy atom. The molecular weight excluding hydrogens is 292 g/mol. The lowest BCUT2D eigenvalue weighted by molar-refractivity contribution is 0.472. The smallest absolute Gasteiger partial charge is 0.216 e. The van der Waals surface area contributed by atoms with E-state index in [0.29, 0.717) is 12.4 Å². The Morgan fingerprint density at radius 2 is 2.13 bits per heavy atom. The van der Waals surface area contributed by atoms with Gasteiger partial charge in [-0.1, -0.05) is 0 Å². The zero-order valence-corrected chi connectivity index (χ0v) is 14.4. The molecule has 0 amide bonds. The largest absolute Gasteiger partial charge is 0.444 e. The van der Waals surface area contributed by atoms with Gasteiger partial charge in [0.1, 0.15) is 12.3 Å². The summed E-state index contributed by atoms with van der Waals surface area (Å²) >= 11 is 0. The lowest BCUT2D eigenvalue weighted by atomic mass is 10.4. The standard InChI is InChI=1S/C16H26N6O/c1-5-17-16(19-10-15-21-13(3)14(4)23-15)18-7-6-8-22-11-12(2)9-20-22/h9,11H,5-8,10H2,1-4H3,(H2,17,18,19). The Morgan fingerprint density at radius 1 is 1.30 bits per heavy atom. The average molecular weight is 318 g/mol. The molecule has 126 valence electrons. The Hall–Kier alpha value is -2.31. The molecule has 0 aromatic carbocycles. The van der Waals surface area contributed by atoms with Crippen LogP contribution in [0.5, 0.6) is 0 Å². The predicted molar refractivity (Wildman–Crippen MR) is 90.4 cm³/mol. The van der Waals surface area contributed by atoms with Gasteiger partial charge >= 0.3 is 0 Å².